The van der Waals surface area contributed by atoms with Crippen LogP contribution in [0.5, 0.6) is 0 Å². The third-order valence-electron chi connectivity index (χ3n) is 1.41. The molecular formula is C6H19O2Si2+2. The lowest BCUT2D eigenvalue weighted by Gasteiger charge is -2.17. The summed E-state index contributed by atoms with van der Waals surface area (Å²) in [4.78, 5) is 9.07. The molecule has 1 radical (unpaired) electrons. The van der Waals surface area contributed by atoms with Gasteiger partial charge in [-0.25, -0.2) is 0 Å². The maximum absolute atomic E-state index is 9.07. The van der Waals surface area contributed by atoms with Gasteiger partial charge in [-0.3, -0.25) is 0 Å². The summed E-state index contributed by atoms with van der Waals surface area (Å²) < 4.78 is 5.34. The van der Waals surface area contributed by atoms with E-state index in [0.717, 1.165) is 6.61 Å². The van der Waals surface area contributed by atoms with E-state index in [2.05, 4.69) is 0 Å². The summed E-state index contributed by atoms with van der Waals surface area (Å²) in [5.74, 6) is 0. The largest absolute Gasteiger partial charge is 1.00 e. The maximum atomic E-state index is 9.07. The van der Waals surface area contributed by atoms with Crippen LogP contribution in [-0.2, 0) is 9.53 Å². The molecule has 0 aromatic carbocycles. The number of ether oxygens (including phenoxy) is 1. The predicted octanol–water partition coefficient (Wildman–Crippen LogP) is -0.348. The van der Waals surface area contributed by atoms with Crippen molar-refractivity contribution in [1.82, 2.24) is 0 Å². The van der Waals surface area contributed by atoms with Crippen molar-refractivity contribution in [3.63, 3.8) is 0 Å². The summed E-state index contributed by atoms with van der Waals surface area (Å²) >= 11 is 0. The van der Waals surface area contributed by atoms with Crippen molar-refractivity contribution in [1.29, 1.82) is 0 Å². The molecule has 61 valence electrons. The SMILES string of the molecule is C[SiH2][O].[H+].[H+].[SiH3]C1CCCCO1. The molecule has 0 aromatic rings. The molecule has 1 aliphatic rings. The van der Waals surface area contributed by atoms with Crippen LogP contribution < -0.4 is 0 Å². The Balaban J connectivity index is -0.000000146. The van der Waals surface area contributed by atoms with Crippen LogP contribution in [0.4, 0.5) is 0 Å². The summed E-state index contributed by atoms with van der Waals surface area (Å²) in [5, 5.41) is 0. The molecule has 4 heteroatoms. The van der Waals surface area contributed by atoms with E-state index in [9.17, 15) is 0 Å². The van der Waals surface area contributed by atoms with Crippen LogP contribution in [0.25, 0.3) is 0 Å². The Morgan fingerprint density at radius 3 is 2.50 bits per heavy atom. The summed E-state index contributed by atoms with van der Waals surface area (Å²) in [6.07, 6.45) is 4.01. The molecule has 1 saturated heterocycles. The molecule has 1 fully saturated rings. The van der Waals surface area contributed by atoms with Crippen molar-refractivity contribution in [3.8, 4) is 0 Å². The minimum Gasteiger partial charge on any atom is -0.383 e. The normalized spacial score (nSPS) is 26.4. The summed E-state index contributed by atoms with van der Waals surface area (Å²) in [6, 6.07) is 0. The predicted molar refractivity (Wildman–Crippen MR) is 50.8 cm³/mol. The van der Waals surface area contributed by atoms with E-state index in [1.54, 1.807) is 6.55 Å². The van der Waals surface area contributed by atoms with Crippen LogP contribution in [0.2, 0.25) is 6.55 Å². The fraction of sp³-hybridized carbons (Fsp3) is 1.00. The minimum atomic E-state index is -0.833. The average molecular weight is 179 g/mol. The van der Waals surface area contributed by atoms with Crippen LogP contribution in [-0.4, -0.2) is 32.3 Å². The zero-order valence-corrected chi connectivity index (χ0v) is 10.3. The third kappa shape index (κ3) is 6.47. The molecule has 0 N–H and O–H groups in total. The van der Waals surface area contributed by atoms with Crippen LogP contribution >= 0.6 is 0 Å². The summed E-state index contributed by atoms with van der Waals surface area (Å²) in [7, 11) is 0.395. The minimum absolute atomic E-state index is 0. The van der Waals surface area contributed by atoms with Crippen LogP contribution in [0.3, 0.4) is 0 Å². The number of rotatable bonds is 0. The van der Waals surface area contributed by atoms with E-state index in [1.165, 1.54) is 29.5 Å². The van der Waals surface area contributed by atoms with E-state index >= 15 is 0 Å². The zero-order valence-electron chi connectivity index (χ0n) is 8.93. The van der Waals surface area contributed by atoms with E-state index in [1.807, 2.05) is 0 Å². The molecule has 0 spiro atoms. The topological polar surface area (TPSA) is 29.1 Å². The van der Waals surface area contributed by atoms with E-state index in [-0.39, 0.29) is 2.85 Å². The first-order valence-electron chi connectivity index (χ1n) is 4.01. The van der Waals surface area contributed by atoms with Gasteiger partial charge < -0.3 is 9.53 Å². The highest BCUT2D eigenvalue weighted by Gasteiger charge is 2.05. The van der Waals surface area contributed by atoms with Crippen molar-refractivity contribution in [3.05, 3.63) is 0 Å². The quantitative estimate of drug-likeness (QED) is 0.468. The first-order valence-corrected chi connectivity index (χ1v) is 7.15. The number of hydrogen-bond donors (Lipinski definition) is 0. The summed E-state index contributed by atoms with van der Waals surface area (Å²) in [5.41, 5.74) is 0.675. The van der Waals surface area contributed by atoms with Crippen molar-refractivity contribution >= 4 is 20.0 Å². The monoisotopic (exact) mass is 179 g/mol. The van der Waals surface area contributed by atoms with Gasteiger partial charge in [0.15, 0.2) is 0 Å². The van der Waals surface area contributed by atoms with Gasteiger partial charge in [-0.15, -0.1) is 0 Å². The summed E-state index contributed by atoms with van der Waals surface area (Å²) in [6.45, 7) is 2.73. The Hall–Kier alpha value is 0.354. The molecule has 1 aliphatic heterocycles. The van der Waals surface area contributed by atoms with Gasteiger partial charge in [0.2, 0.25) is 9.76 Å². The third-order valence-corrected chi connectivity index (χ3v) is 2.32. The Morgan fingerprint density at radius 2 is 2.30 bits per heavy atom. The van der Waals surface area contributed by atoms with Crippen molar-refractivity contribution < 1.29 is 12.4 Å². The standard InChI is InChI=1S/C5H12OSi.CH5OSi/c7-5-3-1-2-4-6-5;1-3-2/h5H,1-4H2,7H3;3H2,1H3/p+2. The van der Waals surface area contributed by atoms with Gasteiger partial charge in [0, 0.05) is 22.6 Å². The highest BCUT2D eigenvalue weighted by Crippen LogP contribution is 2.08. The Morgan fingerprint density at radius 1 is 1.70 bits per heavy atom. The highest BCUT2D eigenvalue weighted by atomic mass is 28.2. The van der Waals surface area contributed by atoms with Crippen LogP contribution in [0.1, 0.15) is 22.1 Å². The van der Waals surface area contributed by atoms with E-state index < -0.39 is 9.76 Å². The van der Waals surface area contributed by atoms with Gasteiger partial charge in [-0.1, -0.05) is 0 Å². The molecule has 0 aliphatic carbocycles. The molecule has 1 rings (SSSR count). The van der Waals surface area contributed by atoms with Crippen molar-refractivity contribution in [2.75, 3.05) is 6.61 Å². The molecule has 0 bridgehead atoms. The van der Waals surface area contributed by atoms with Crippen LogP contribution in [0, 0.1) is 0 Å². The fourth-order valence-electron chi connectivity index (χ4n) is 0.902. The molecule has 1 atom stereocenters. The van der Waals surface area contributed by atoms with Gasteiger partial charge in [0.05, 0.1) is 0 Å². The van der Waals surface area contributed by atoms with Crippen molar-refractivity contribution in [2.24, 2.45) is 0 Å². The fourth-order valence-corrected chi connectivity index (χ4v) is 1.55. The first-order chi connectivity index (χ1) is 4.81. The second-order valence-corrected chi connectivity index (χ2v) is 4.33. The average Bonchev–Trinajstić information content (AvgIpc) is 1.91. The Labute approximate surface area is 71.3 Å². The lowest BCUT2D eigenvalue weighted by atomic mass is 10.2. The second kappa shape index (κ2) is 7.46. The maximum Gasteiger partial charge on any atom is 1.00 e. The molecular weight excluding hydrogens is 160 g/mol. The van der Waals surface area contributed by atoms with E-state index in [0.29, 0.717) is 5.73 Å². The molecule has 10 heavy (non-hydrogen) atoms. The molecule has 0 aromatic heterocycles. The lowest BCUT2D eigenvalue weighted by molar-refractivity contribution is 0.0675. The van der Waals surface area contributed by atoms with Crippen molar-refractivity contribution in [2.45, 2.75) is 31.5 Å². The molecule has 1 heterocycles. The first kappa shape index (κ1) is 10.4. The number of hydrogen-bond acceptors (Lipinski definition) is 1. The van der Waals surface area contributed by atoms with Gasteiger partial charge in [0.1, 0.15) is 0 Å². The molecule has 2 nitrogen and oxygen atoms in total. The second-order valence-electron chi connectivity index (χ2n) is 2.47. The highest BCUT2D eigenvalue weighted by molar-refractivity contribution is 6.22. The van der Waals surface area contributed by atoms with Gasteiger partial charge in [0.25, 0.3) is 0 Å². The van der Waals surface area contributed by atoms with Gasteiger partial charge in [-0.05, 0) is 25.8 Å². The Bertz CT molecular complexity index is 72.6. The van der Waals surface area contributed by atoms with E-state index in [4.69, 9.17) is 9.53 Å². The molecule has 0 amide bonds. The zero-order chi connectivity index (χ0) is 7.82. The van der Waals surface area contributed by atoms with Gasteiger partial charge in [-0.2, -0.15) is 0 Å². The Kier molecular flexibility index (Phi) is 7.72. The molecule has 0 saturated carbocycles. The molecule has 1 unspecified atom stereocenters. The smallest absolute Gasteiger partial charge is 0.383 e. The van der Waals surface area contributed by atoms with Gasteiger partial charge >= 0.3 is 2.85 Å². The van der Waals surface area contributed by atoms with Crippen LogP contribution in [0.15, 0.2) is 0 Å². The lowest BCUT2D eigenvalue weighted by Crippen LogP contribution is -2.18.